The number of amides is 1. The van der Waals surface area contributed by atoms with Crippen molar-refractivity contribution in [1.82, 2.24) is 10.0 Å². The monoisotopic (exact) mass is 298 g/mol. The standard InChI is InChI=1S/C12H14N2O3S2/c1-19(16,17)14-8-12(15)13-7-9-2-3-11-10(6-9)4-5-18-11/h2-6,14H,7-8H2,1H3,(H,13,15). The molecule has 0 unspecified atom stereocenters. The van der Waals surface area contributed by atoms with Gasteiger partial charge in [0.2, 0.25) is 15.9 Å². The molecule has 1 heterocycles. The minimum atomic E-state index is -3.33. The molecule has 0 atom stereocenters. The normalized spacial score (nSPS) is 11.6. The van der Waals surface area contributed by atoms with Crippen LogP contribution in [0.25, 0.3) is 10.1 Å². The van der Waals surface area contributed by atoms with E-state index in [4.69, 9.17) is 0 Å². The lowest BCUT2D eigenvalue weighted by atomic mass is 10.2. The number of fused-ring (bicyclic) bond motifs is 1. The summed E-state index contributed by atoms with van der Waals surface area (Å²) in [5.41, 5.74) is 0.985. The molecule has 0 aliphatic carbocycles. The summed E-state index contributed by atoms with van der Waals surface area (Å²) < 4.78 is 25.0. The summed E-state index contributed by atoms with van der Waals surface area (Å²) in [6.07, 6.45) is 1.02. The van der Waals surface area contributed by atoms with Crippen molar-refractivity contribution in [3.63, 3.8) is 0 Å². The van der Waals surface area contributed by atoms with Gasteiger partial charge in [-0.25, -0.2) is 13.1 Å². The summed E-state index contributed by atoms with van der Waals surface area (Å²) >= 11 is 1.67. The highest BCUT2D eigenvalue weighted by Crippen LogP contribution is 2.21. The third-order valence-electron chi connectivity index (χ3n) is 2.50. The molecule has 1 amide bonds. The van der Waals surface area contributed by atoms with Crippen molar-refractivity contribution in [2.45, 2.75) is 6.54 Å². The Morgan fingerprint density at radius 3 is 2.84 bits per heavy atom. The minimum absolute atomic E-state index is 0.237. The molecule has 0 spiro atoms. The number of carbonyl (C=O) groups is 1. The number of hydrogen-bond acceptors (Lipinski definition) is 4. The van der Waals surface area contributed by atoms with E-state index in [0.717, 1.165) is 17.2 Å². The van der Waals surface area contributed by atoms with Gasteiger partial charge < -0.3 is 5.32 Å². The maximum atomic E-state index is 11.4. The van der Waals surface area contributed by atoms with E-state index in [9.17, 15) is 13.2 Å². The molecule has 1 aromatic heterocycles. The average Bonchev–Trinajstić information content (AvgIpc) is 2.80. The van der Waals surface area contributed by atoms with Gasteiger partial charge in [-0.05, 0) is 34.5 Å². The first kappa shape index (κ1) is 14.0. The fraction of sp³-hybridized carbons (Fsp3) is 0.250. The van der Waals surface area contributed by atoms with Crippen LogP contribution in [0.5, 0.6) is 0 Å². The van der Waals surface area contributed by atoms with Crippen LogP contribution in [-0.4, -0.2) is 27.1 Å². The van der Waals surface area contributed by atoms with Crippen molar-refractivity contribution < 1.29 is 13.2 Å². The van der Waals surface area contributed by atoms with Crippen LogP contribution in [0.4, 0.5) is 0 Å². The zero-order valence-electron chi connectivity index (χ0n) is 10.3. The molecule has 2 aromatic rings. The Hall–Kier alpha value is -1.44. The lowest BCUT2D eigenvalue weighted by Crippen LogP contribution is -2.36. The molecule has 19 heavy (non-hydrogen) atoms. The molecule has 2 N–H and O–H groups in total. The molecule has 0 bridgehead atoms. The van der Waals surface area contributed by atoms with E-state index in [2.05, 4.69) is 10.0 Å². The van der Waals surface area contributed by atoms with Gasteiger partial charge >= 0.3 is 0 Å². The topological polar surface area (TPSA) is 75.3 Å². The number of hydrogen-bond donors (Lipinski definition) is 2. The molecule has 0 radical (unpaired) electrons. The van der Waals surface area contributed by atoms with Crippen molar-refractivity contribution in [2.75, 3.05) is 12.8 Å². The van der Waals surface area contributed by atoms with Crippen LogP contribution in [0.3, 0.4) is 0 Å². The fourth-order valence-corrected chi connectivity index (χ4v) is 2.75. The highest BCUT2D eigenvalue weighted by molar-refractivity contribution is 7.88. The second-order valence-electron chi connectivity index (χ2n) is 4.16. The van der Waals surface area contributed by atoms with Gasteiger partial charge in [-0.2, -0.15) is 0 Å². The lowest BCUT2D eigenvalue weighted by Gasteiger charge is -2.06. The van der Waals surface area contributed by atoms with Gasteiger partial charge in [0.05, 0.1) is 12.8 Å². The van der Waals surface area contributed by atoms with Gasteiger partial charge in [-0.3, -0.25) is 4.79 Å². The van der Waals surface area contributed by atoms with E-state index in [1.807, 2.05) is 29.6 Å². The Morgan fingerprint density at radius 1 is 1.32 bits per heavy atom. The van der Waals surface area contributed by atoms with Gasteiger partial charge in [0.15, 0.2) is 0 Å². The molecule has 2 rings (SSSR count). The van der Waals surface area contributed by atoms with Gasteiger partial charge in [0.25, 0.3) is 0 Å². The average molecular weight is 298 g/mol. The third-order valence-corrected chi connectivity index (χ3v) is 4.07. The Kier molecular flexibility index (Phi) is 4.18. The summed E-state index contributed by atoms with van der Waals surface area (Å²) in [6, 6.07) is 7.99. The molecular weight excluding hydrogens is 284 g/mol. The first-order valence-electron chi connectivity index (χ1n) is 5.61. The summed E-state index contributed by atoms with van der Waals surface area (Å²) in [6.45, 7) is 0.148. The highest BCUT2D eigenvalue weighted by Gasteiger charge is 2.06. The lowest BCUT2D eigenvalue weighted by molar-refractivity contribution is -0.120. The zero-order valence-corrected chi connectivity index (χ0v) is 12.0. The highest BCUT2D eigenvalue weighted by atomic mass is 32.2. The number of sulfonamides is 1. The number of carbonyl (C=O) groups excluding carboxylic acids is 1. The molecule has 5 nitrogen and oxygen atoms in total. The van der Waals surface area contributed by atoms with E-state index < -0.39 is 10.0 Å². The quantitative estimate of drug-likeness (QED) is 0.867. The molecule has 0 saturated carbocycles. The molecule has 1 aromatic carbocycles. The number of thiophene rings is 1. The Morgan fingerprint density at radius 2 is 2.11 bits per heavy atom. The second-order valence-corrected chi connectivity index (χ2v) is 6.94. The van der Waals surface area contributed by atoms with E-state index >= 15 is 0 Å². The predicted molar refractivity (Wildman–Crippen MR) is 76.5 cm³/mol. The number of nitrogens with one attached hydrogen (secondary N) is 2. The van der Waals surface area contributed by atoms with Gasteiger partial charge in [0, 0.05) is 11.2 Å². The first-order chi connectivity index (χ1) is 8.94. The molecule has 0 fully saturated rings. The Labute approximate surface area is 115 Å². The van der Waals surface area contributed by atoms with Crippen LogP contribution in [0, 0.1) is 0 Å². The number of benzene rings is 1. The number of rotatable bonds is 5. The summed E-state index contributed by atoms with van der Waals surface area (Å²) in [4.78, 5) is 11.4. The molecule has 0 aliphatic heterocycles. The fourth-order valence-electron chi connectivity index (χ4n) is 1.59. The Bertz CT molecular complexity index is 692. The molecular formula is C12H14N2O3S2. The van der Waals surface area contributed by atoms with Crippen LogP contribution >= 0.6 is 11.3 Å². The third kappa shape index (κ3) is 4.30. The van der Waals surface area contributed by atoms with Crippen LogP contribution < -0.4 is 10.0 Å². The van der Waals surface area contributed by atoms with Crippen molar-refractivity contribution in [3.05, 3.63) is 35.2 Å². The van der Waals surface area contributed by atoms with Crippen LogP contribution in [-0.2, 0) is 21.4 Å². The minimum Gasteiger partial charge on any atom is -0.351 e. The summed E-state index contributed by atoms with van der Waals surface area (Å²) in [7, 11) is -3.33. The summed E-state index contributed by atoms with van der Waals surface area (Å²) in [5.74, 6) is -0.351. The molecule has 0 saturated heterocycles. The van der Waals surface area contributed by atoms with Crippen LogP contribution in [0.1, 0.15) is 5.56 Å². The van der Waals surface area contributed by atoms with Gasteiger partial charge in [-0.1, -0.05) is 6.07 Å². The smallest absolute Gasteiger partial charge is 0.235 e. The van der Waals surface area contributed by atoms with E-state index in [1.165, 1.54) is 4.70 Å². The first-order valence-corrected chi connectivity index (χ1v) is 8.38. The van der Waals surface area contributed by atoms with E-state index in [1.54, 1.807) is 11.3 Å². The van der Waals surface area contributed by atoms with Crippen molar-refractivity contribution in [2.24, 2.45) is 0 Å². The van der Waals surface area contributed by atoms with E-state index in [-0.39, 0.29) is 12.5 Å². The van der Waals surface area contributed by atoms with Gasteiger partial charge in [0.1, 0.15) is 0 Å². The zero-order chi connectivity index (χ0) is 13.9. The van der Waals surface area contributed by atoms with Crippen molar-refractivity contribution >= 4 is 37.4 Å². The SMILES string of the molecule is CS(=O)(=O)NCC(=O)NCc1ccc2sccc2c1. The maximum Gasteiger partial charge on any atom is 0.235 e. The predicted octanol–water partition coefficient (Wildman–Crippen LogP) is 1.07. The molecule has 102 valence electrons. The van der Waals surface area contributed by atoms with E-state index in [0.29, 0.717) is 6.54 Å². The molecule has 7 heteroatoms. The van der Waals surface area contributed by atoms with Crippen molar-refractivity contribution in [1.29, 1.82) is 0 Å². The maximum absolute atomic E-state index is 11.4. The van der Waals surface area contributed by atoms with Gasteiger partial charge in [-0.15, -0.1) is 11.3 Å². The summed E-state index contributed by atoms with van der Waals surface area (Å²) in [5, 5.41) is 5.83. The largest absolute Gasteiger partial charge is 0.351 e. The van der Waals surface area contributed by atoms with Crippen LogP contribution in [0.2, 0.25) is 0 Å². The van der Waals surface area contributed by atoms with Crippen molar-refractivity contribution in [3.8, 4) is 0 Å². The molecule has 0 aliphatic rings. The second kappa shape index (κ2) is 5.68. The van der Waals surface area contributed by atoms with Crippen LogP contribution in [0.15, 0.2) is 29.6 Å². The Balaban J connectivity index is 1.89.